The maximum Gasteiger partial charge on any atom is 0.237 e. The molecule has 0 unspecified atom stereocenters. The van der Waals surface area contributed by atoms with Crippen LogP contribution in [-0.2, 0) is 21.2 Å². The molecule has 0 aliphatic carbocycles. The maximum atomic E-state index is 12.4. The van der Waals surface area contributed by atoms with Gasteiger partial charge in [0.1, 0.15) is 0 Å². The summed E-state index contributed by atoms with van der Waals surface area (Å²) in [6.07, 6.45) is 3.63. The molecule has 0 bridgehead atoms. The van der Waals surface area contributed by atoms with Gasteiger partial charge in [-0.25, -0.2) is 8.42 Å². The fraction of sp³-hybridized carbons (Fsp3) is 0.588. The third kappa shape index (κ3) is 5.76. The zero-order valence-corrected chi connectivity index (χ0v) is 15.8. The lowest BCUT2D eigenvalue weighted by Crippen LogP contribution is -2.45. The van der Waals surface area contributed by atoms with Crippen LogP contribution >= 0.6 is 11.6 Å². The van der Waals surface area contributed by atoms with Gasteiger partial charge in [0.15, 0.2) is 0 Å². The van der Waals surface area contributed by atoms with Crippen LogP contribution in [0.2, 0.25) is 5.02 Å². The highest BCUT2D eigenvalue weighted by Gasteiger charge is 2.25. The molecular formula is C17H25ClN2O3S. The van der Waals surface area contributed by atoms with Gasteiger partial charge in [-0.15, -0.1) is 0 Å². The Labute approximate surface area is 149 Å². The number of carbonyl (C=O) groups excluding carboxylic acids is 1. The lowest BCUT2D eigenvalue weighted by molar-refractivity contribution is -0.132. The van der Waals surface area contributed by atoms with Crippen molar-refractivity contribution < 1.29 is 13.2 Å². The van der Waals surface area contributed by atoms with Gasteiger partial charge in [0, 0.05) is 24.7 Å². The van der Waals surface area contributed by atoms with Crippen LogP contribution in [0.15, 0.2) is 24.3 Å². The minimum Gasteiger partial charge on any atom is -0.342 e. The summed E-state index contributed by atoms with van der Waals surface area (Å²) in [4.78, 5) is 14.2. The second-order valence-corrected chi connectivity index (χ2v) is 8.96. The Morgan fingerprint density at radius 1 is 1.33 bits per heavy atom. The molecule has 1 aliphatic heterocycles. The van der Waals surface area contributed by atoms with E-state index in [4.69, 9.17) is 11.6 Å². The summed E-state index contributed by atoms with van der Waals surface area (Å²) in [6.45, 7) is 3.79. The number of sulfonamides is 1. The molecule has 0 aromatic heterocycles. The predicted octanol–water partition coefficient (Wildman–Crippen LogP) is 2.40. The SMILES string of the molecule is CC1CCN(C(=O)CN(CCc2cccc(Cl)c2)S(C)(=O)=O)CC1. The monoisotopic (exact) mass is 372 g/mol. The van der Waals surface area contributed by atoms with E-state index in [2.05, 4.69) is 6.92 Å². The highest BCUT2D eigenvalue weighted by molar-refractivity contribution is 7.88. The van der Waals surface area contributed by atoms with Gasteiger partial charge in [-0.05, 0) is 42.9 Å². The number of piperidine rings is 1. The zero-order valence-electron chi connectivity index (χ0n) is 14.2. The van der Waals surface area contributed by atoms with Crippen molar-refractivity contribution in [2.24, 2.45) is 5.92 Å². The lowest BCUT2D eigenvalue weighted by atomic mass is 9.99. The third-order valence-corrected chi connectivity index (χ3v) is 5.94. The van der Waals surface area contributed by atoms with Crippen LogP contribution < -0.4 is 0 Å². The third-order valence-electron chi connectivity index (χ3n) is 4.46. The van der Waals surface area contributed by atoms with Crippen molar-refractivity contribution >= 4 is 27.5 Å². The minimum absolute atomic E-state index is 0.0895. The number of amides is 1. The van der Waals surface area contributed by atoms with Crippen LogP contribution in [0, 0.1) is 5.92 Å². The van der Waals surface area contributed by atoms with Crippen molar-refractivity contribution in [3.63, 3.8) is 0 Å². The Balaban J connectivity index is 1.97. The first-order valence-electron chi connectivity index (χ1n) is 8.23. The molecule has 0 spiro atoms. The molecule has 1 aliphatic rings. The summed E-state index contributed by atoms with van der Waals surface area (Å²) < 4.78 is 25.3. The molecular weight excluding hydrogens is 348 g/mol. The molecule has 1 fully saturated rings. The summed E-state index contributed by atoms with van der Waals surface area (Å²) in [5.41, 5.74) is 0.954. The number of likely N-dealkylation sites (tertiary alicyclic amines) is 1. The average molecular weight is 373 g/mol. The van der Waals surface area contributed by atoms with E-state index >= 15 is 0 Å². The summed E-state index contributed by atoms with van der Waals surface area (Å²) in [6, 6.07) is 7.33. The molecule has 134 valence electrons. The maximum absolute atomic E-state index is 12.4. The number of nitrogens with zero attached hydrogens (tertiary/aromatic N) is 2. The van der Waals surface area contributed by atoms with Crippen molar-refractivity contribution in [3.8, 4) is 0 Å². The summed E-state index contributed by atoms with van der Waals surface area (Å²) >= 11 is 5.96. The number of carbonyl (C=O) groups is 1. The Morgan fingerprint density at radius 3 is 2.58 bits per heavy atom. The summed E-state index contributed by atoms with van der Waals surface area (Å²) in [7, 11) is -3.44. The molecule has 7 heteroatoms. The standard InChI is InChI=1S/C17H25ClN2O3S/c1-14-6-9-19(10-7-14)17(21)13-20(24(2,22)23)11-8-15-4-3-5-16(18)12-15/h3-5,12,14H,6-11,13H2,1-2H3. The predicted molar refractivity (Wildman–Crippen MR) is 96.6 cm³/mol. The molecule has 0 N–H and O–H groups in total. The molecule has 24 heavy (non-hydrogen) atoms. The number of hydrogen-bond donors (Lipinski definition) is 0. The molecule has 1 aromatic rings. The molecule has 0 atom stereocenters. The zero-order chi connectivity index (χ0) is 17.7. The van der Waals surface area contributed by atoms with Gasteiger partial charge in [0.05, 0.1) is 12.8 Å². The molecule has 0 radical (unpaired) electrons. The molecule has 0 saturated carbocycles. The molecule has 1 heterocycles. The Bertz CT molecular complexity index is 670. The normalized spacial score (nSPS) is 16.6. The van der Waals surface area contributed by atoms with Crippen LogP contribution in [0.25, 0.3) is 0 Å². The van der Waals surface area contributed by atoms with Gasteiger partial charge >= 0.3 is 0 Å². The van der Waals surface area contributed by atoms with Gasteiger partial charge in [-0.1, -0.05) is 30.7 Å². The lowest BCUT2D eigenvalue weighted by Gasteiger charge is -2.32. The van der Waals surface area contributed by atoms with E-state index in [0.29, 0.717) is 30.5 Å². The number of halogens is 1. The van der Waals surface area contributed by atoms with Crippen molar-refractivity contribution in [2.75, 3.05) is 32.4 Å². The smallest absolute Gasteiger partial charge is 0.237 e. The van der Waals surface area contributed by atoms with Crippen molar-refractivity contribution in [3.05, 3.63) is 34.9 Å². The van der Waals surface area contributed by atoms with Crippen molar-refractivity contribution in [2.45, 2.75) is 26.2 Å². The van der Waals surface area contributed by atoms with Crippen LogP contribution in [0.4, 0.5) is 0 Å². The quantitative estimate of drug-likeness (QED) is 0.770. The summed E-state index contributed by atoms with van der Waals surface area (Å²) in [5, 5.41) is 0.622. The number of rotatable bonds is 6. The average Bonchev–Trinajstić information content (AvgIpc) is 2.51. The molecule has 1 amide bonds. The second-order valence-electron chi connectivity index (χ2n) is 6.54. The largest absolute Gasteiger partial charge is 0.342 e. The topological polar surface area (TPSA) is 57.7 Å². The summed E-state index contributed by atoms with van der Waals surface area (Å²) in [5.74, 6) is 0.515. The van der Waals surface area contributed by atoms with E-state index in [9.17, 15) is 13.2 Å². The van der Waals surface area contributed by atoms with E-state index in [0.717, 1.165) is 24.7 Å². The van der Waals surface area contributed by atoms with E-state index in [1.54, 1.807) is 11.0 Å². The highest BCUT2D eigenvalue weighted by atomic mass is 35.5. The van der Waals surface area contributed by atoms with E-state index in [1.807, 2.05) is 18.2 Å². The number of benzene rings is 1. The first-order chi connectivity index (χ1) is 11.3. The van der Waals surface area contributed by atoms with E-state index in [-0.39, 0.29) is 19.0 Å². The fourth-order valence-electron chi connectivity index (χ4n) is 2.82. The van der Waals surface area contributed by atoms with Crippen molar-refractivity contribution in [1.29, 1.82) is 0 Å². The van der Waals surface area contributed by atoms with Crippen LogP contribution in [0.5, 0.6) is 0 Å². The molecule has 1 aromatic carbocycles. The van der Waals surface area contributed by atoms with E-state index < -0.39 is 10.0 Å². The van der Waals surface area contributed by atoms with E-state index in [1.165, 1.54) is 4.31 Å². The Hall–Kier alpha value is -1.11. The van der Waals surface area contributed by atoms with Crippen LogP contribution in [0.1, 0.15) is 25.3 Å². The van der Waals surface area contributed by atoms with Gasteiger partial charge in [-0.2, -0.15) is 4.31 Å². The number of hydrogen-bond acceptors (Lipinski definition) is 3. The minimum atomic E-state index is -3.44. The molecule has 5 nitrogen and oxygen atoms in total. The van der Waals surface area contributed by atoms with Gasteiger partial charge in [0.25, 0.3) is 0 Å². The Kier molecular flexibility index (Phi) is 6.66. The van der Waals surface area contributed by atoms with Gasteiger partial charge in [-0.3, -0.25) is 4.79 Å². The van der Waals surface area contributed by atoms with Crippen LogP contribution in [-0.4, -0.2) is 56.0 Å². The fourth-order valence-corrected chi connectivity index (χ4v) is 3.80. The van der Waals surface area contributed by atoms with Crippen LogP contribution in [0.3, 0.4) is 0 Å². The first-order valence-corrected chi connectivity index (χ1v) is 10.5. The second kappa shape index (κ2) is 8.32. The molecule has 2 rings (SSSR count). The molecule has 1 saturated heterocycles. The van der Waals surface area contributed by atoms with Gasteiger partial charge in [0.2, 0.25) is 15.9 Å². The van der Waals surface area contributed by atoms with Gasteiger partial charge < -0.3 is 4.90 Å². The highest BCUT2D eigenvalue weighted by Crippen LogP contribution is 2.17. The van der Waals surface area contributed by atoms with Crippen molar-refractivity contribution in [1.82, 2.24) is 9.21 Å². The first kappa shape index (κ1) is 19.2. The Morgan fingerprint density at radius 2 is 2.00 bits per heavy atom.